The maximum absolute atomic E-state index is 2.50. The summed E-state index contributed by atoms with van der Waals surface area (Å²) in [6, 6.07) is 0. The van der Waals surface area contributed by atoms with Gasteiger partial charge in [-0.1, -0.05) is 20.8 Å². The second-order valence-electron chi connectivity index (χ2n) is 7.11. The highest BCUT2D eigenvalue weighted by molar-refractivity contribution is 4.95. The van der Waals surface area contributed by atoms with Crippen LogP contribution in [0.4, 0.5) is 0 Å². The third-order valence-electron chi connectivity index (χ3n) is 4.97. The highest BCUT2D eigenvalue weighted by atomic mass is 15.1. The van der Waals surface area contributed by atoms with Gasteiger partial charge in [-0.2, -0.15) is 0 Å². The Kier molecular flexibility index (Phi) is 2.87. The monoisotopic (exact) mass is 209 g/mol. The van der Waals surface area contributed by atoms with E-state index >= 15 is 0 Å². The molecule has 0 aromatic carbocycles. The van der Waals surface area contributed by atoms with Crippen LogP contribution < -0.4 is 0 Å². The minimum absolute atomic E-state index is 0.535. The van der Waals surface area contributed by atoms with E-state index in [0.29, 0.717) is 5.41 Å². The van der Waals surface area contributed by atoms with Crippen molar-refractivity contribution in [3.63, 3.8) is 0 Å². The number of nitrogens with zero attached hydrogens (tertiary/aromatic N) is 1. The van der Waals surface area contributed by atoms with Crippen LogP contribution in [-0.2, 0) is 0 Å². The molecule has 1 heteroatoms. The largest absolute Gasteiger partial charge is 0.306 e. The summed E-state index contributed by atoms with van der Waals surface area (Å²) in [6.07, 6.45) is 7.40. The van der Waals surface area contributed by atoms with Crippen LogP contribution in [0.15, 0.2) is 0 Å². The molecular weight excluding hydrogens is 182 g/mol. The van der Waals surface area contributed by atoms with Gasteiger partial charge in [-0.3, -0.25) is 0 Å². The molecular formula is C14H27N. The topological polar surface area (TPSA) is 3.24 Å². The first kappa shape index (κ1) is 11.4. The van der Waals surface area contributed by atoms with Crippen molar-refractivity contribution in [2.45, 2.75) is 52.9 Å². The Morgan fingerprint density at radius 2 is 1.67 bits per heavy atom. The molecule has 1 heterocycles. The van der Waals surface area contributed by atoms with E-state index in [1.807, 2.05) is 0 Å². The first-order valence-corrected chi connectivity index (χ1v) is 6.60. The fourth-order valence-corrected chi connectivity index (χ4v) is 3.49. The maximum atomic E-state index is 2.50. The van der Waals surface area contributed by atoms with Crippen molar-refractivity contribution < 1.29 is 0 Å². The zero-order valence-corrected chi connectivity index (χ0v) is 11.0. The van der Waals surface area contributed by atoms with E-state index in [4.69, 9.17) is 0 Å². The summed E-state index contributed by atoms with van der Waals surface area (Å²) in [5.41, 5.74) is 1.28. The van der Waals surface area contributed by atoms with Gasteiger partial charge in [-0.15, -0.1) is 0 Å². The number of hydrogen-bond donors (Lipinski definition) is 0. The number of likely N-dealkylation sites (tertiary alicyclic amines) is 1. The maximum Gasteiger partial charge on any atom is -0.00165 e. The van der Waals surface area contributed by atoms with Gasteiger partial charge in [0.25, 0.3) is 0 Å². The second-order valence-corrected chi connectivity index (χ2v) is 7.11. The Morgan fingerprint density at radius 3 is 2.13 bits per heavy atom. The molecule has 0 aromatic heterocycles. The summed E-state index contributed by atoms with van der Waals surface area (Å²) in [7, 11) is 2.27. The van der Waals surface area contributed by atoms with Crippen molar-refractivity contribution in [1.82, 2.24) is 4.90 Å². The van der Waals surface area contributed by atoms with Crippen LogP contribution in [-0.4, -0.2) is 25.0 Å². The predicted molar refractivity (Wildman–Crippen MR) is 66.0 cm³/mol. The quantitative estimate of drug-likeness (QED) is 0.590. The van der Waals surface area contributed by atoms with Gasteiger partial charge in [-0.25, -0.2) is 0 Å². The zero-order chi connectivity index (χ0) is 11.1. The molecule has 1 aliphatic carbocycles. The lowest BCUT2D eigenvalue weighted by Gasteiger charge is -2.39. The van der Waals surface area contributed by atoms with Gasteiger partial charge < -0.3 is 4.90 Å². The summed E-state index contributed by atoms with van der Waals surface area (Å²) in [5, 5.41) is 0. The molecule has 1 saturated carbocycles. The van der Waals surface area contributed by atoms with Gasteiger partial charge in [0.15, 0.2) is 0 Å². The van der Waals surface area contributed by atoms with Gasteiger partial charge in [-0.05, 0) is 69.0 Å². The minimum Gasteiger partial charge on any atom is -0.306 e. The molecule has 0 radical (unpaired) electrons. The average Bonchev–Trinajstić information content (AvgIpc) is 2.55. The Hall–Kier alpha value is -0.0400. The molecule has 0 amide bonds. The molecule has 2 fully saturated rings. The van der Waals surface area contributed by atoms with Crippen LogP contribution in [0.2, 0.25) is 0 Å². The fraction of sp³-hybridized carbons (Fsp3) is 1.00. The Labute approximate surface area is 95.2 Å². The first-order valence-electron chi connectivity index (χ1n) is 6.60. The van der Waals surface area contributed by atoms with Crippen LogP contribution in [0.5, 0.6) is 0 Å². The predicted octanol–water partition coefficient (Wildman–Crippen LogP) is 3.54. The molecule has 1 aliphatic heterocycles. The van der Waals surface area contributed by atoms with Crippen LogP contribution >= 0.6 is 0 Å². The molecule has 1 saturated heterocycles. The van der Waals surface area contributed by atoms with Crippen LogP contribution in [0, 0.1) is 16.7 Å². The van der Waals surface area contributed by atoms with Gasteiger partial charge in [0.05, 0.1) is 0 Å². The molecule has 0 N–H and O–H groups in total. The van der Waals surface area contributed by atoms with E-state index in [-0.39, 0.29) is 0 Å². The van der Waals surface area contributed by atoms with Gasteiger partial charge in [0, 0.05) is 0 Å². The second kappa shape index (κ2) is 3.76. The van der Waals surface area contributed by atoms with E-state index in [1.54, 1.807) is 0 Å². The Bertz CT molecular complexity index is 218. The highest BCUT2D eigenvalue weighted by Crippen LogP contribution is 2.53. The fourth-order valence-electron chi connectivity index (χ4n) is 3.49. The molecule has 1 spiro atoms. The molecule has 0 bridgehead atoms. The average molecular weight is 209 g/mol. The van der Waals surface area contributed by atoms with Crippen LogP contribution in [0.1, 0.15) is 52.9 Å². The standard InChI is InChI=1S/C14H27N/c1-13(2,3)12-5-6-14(11-12)7-9-15(4)10-8-14/h12H,5-11H2,1-4H3. The summed E-state index contributed by atoms with van der Waals surface area (Å²) < 4.78 is 0. The number of hydrogen-bond acceptors (Lipinski definition) is 1. The summed E-state index contributed by atoms with van der Waals surface area (Å²) in [4.78, 5) is 2.50. The van der Waals surface area contributed by atoms with Crippen molar-refractivity contribution in [1.29, 1.82) is 0 Å². The third kappa shape index (κ3) is 2.38. The van der Waals surface area contributed by atoms with Crippen LogP contribution in [0.3, 0.4) is 0 Å². The first-order chi connectivity index (χ1) is 6.91. The van der Waals surface area contributed by atoms with Crippen LogP contribution in [0.25, 0.3) is 0 Å². The smallest absolute Gasteiger partial charge is 0.00165 e. The summed E-state index contributed by atoms with van der Waals surface area (Å²) in [5.74, 6) is 0.973. The molecule has 0 aromatic rings. The van der Waals surface area contributed by atoms with Crippen molar-refractivity contribution in [2.24, 2.45) is 16.7 Å². The Morgan fingerprint density at radius 1 is 1.07 bits per heavy atom. The van der Waals surface area contributed by atoms with Crippen molar-refractivity contribution in [2.75, 3.05) is 20.1 Å². The van der Waals surface area contributed by atoms with Gasteiger partial charge in [0.2, 0.25) is 0 Å². The third-order valence-corrected chi connectivity index (χ3v) is 4.97. The van der Waals surface area contributed by atoms with E-state index in [2.05, 4.69) is 32.7 Å². The molecule has 2 aliphatic rings. The lowest BCUT2D eigenvalue weighted by molar-refractivity contribution is 0.112. The molecule has 88 valence electrons. The number of piperidine rings is 1. The van der Waals surface area contributed by atoms with Gasteiger partial charge in [0.1, 0.15) is 0 Å². The lowest BCUT2D eigenvalue weighted by Crippen LogP contribution is -2.37. The van der Waals surface area contributed by atoms with Crippen molar-refractivity contribution >= 4 is 0 Å². The van der Waals surface area contributed by atoms with Crippen molar-refractivity contribution in [3.8, 4) is 0 Å². The minimum atomic E-state index is 0.535. The van der Waals surface area contributed by atoms with Gasteiger partial charge >= 0.3 is 0 Å². The lowest BCUT2D eigenvalue weighted by atomic mass is 9.73. The van der Waals surface area contributed by atoms with Crippen molar-refractivity contribution in [3.05, 3.63) is 0 Å². The zero-order valence-electron chi connectivity index (χ0n) is 11.0. The SMILES string of the molecule is CN1CCC2(CCC(C(C)(C)C)C2)CC1. The molecule has 15 heavy (non-hydrogen) atoms. The summed E-state index contributed by atoms with van der Waals surface area (Å²) >= 11 is 0. The molecule has 1 atom stereocenters. The summed E-state index contributed by atoms with van der Waals surface area (Å²) in [6.45, 7) is 9.93. The molecule has 1 unspecified atom stereocenters. The highest BCUT2D eigenvalue weighted by Gasteiger charge is 2.43. The van der Waals surface area contributed by atoms with E-state index in [1.165, 1.54) is 45.2 Å². The Balaban J connectivity index is 1.97. The van der Waals surface area contributed by atoms with E-state index in [0.717, 1.165) is 11.3 Å². The number of rotatable bonds is 0. The molecule has 1 nitrogen and oxygen atoms in total. The van der Waals surface area contributed by atoms with E-state index in [9.17, 15) is 0 Å². The normalized spacial score (nSPS) is 32.4. The molecule has 2 rings (SSSR count). The van der Waals surface area contributed by atoms with E-state index < -0.39 is 0 Å².